The molecular weight excluding hydrogens is 427 g/mol. The van der Waals surface area contributed by atoms with Gasteiger partial charge in [-0.25, -0.2) is 4.98 Å². The van der Waals surface area contributed by atoms with Crippen LogP contribution in [0.4, 0.5) is 5.82 Å². The number of carbonyl (C=O) groups excluding carboxylic acids is 2. The third-order valence-corrected chi connectivity index (χ3v) is 5.47. The van der Waals surface area contributed by atoms with Crippen LogP contribution in [0.1, 0.15) is 25.7 Å². The smallest absolute Gasteiger partial charge is 0.254 e. The molecule has 2 saturated heterocycles. The number of pyridine rings is 1. The zero-order valence-corrected chi connectivity index (χ0v) is 18.2. The van der Waals surface area contributed by atoms with Crippen molar-refractivity contribution in [2.24, 2.45) is 5.92 Å². The number of rotatable bonds is 4. The van der Waals surface area contributed by atoms with E-state index in [9.17, 15) is 9.59 Å². The fraction of sp³-hybridized carbons (Fsp3) is 0.611. The van der Waals surface area contributed by atoms with Crippen molar-refractivity contribution < 1.29 is 14.3 Å². The standard InChI is InChI=1S/C18H25ClN4O3.2ClH/c1-26-18(6-8-20-9-7-18)17(25)23-10-2-3-13(12-23)16(24)22-15-5-4-14(19)11-21-15;;/h4-5,11,13,20H,2-3,6-10,12H2,1H3,(H,21,22,24);2*1H. The quantitative estimate of drug-likeness (QED) is 0.732. The van der Waals surface area contributed by atoms with Gasteiger partial charge in [-0.2, -0.15) is 0 Å². The van der Waals surface area contributed by atoms with Crippen LogP contribution in [-0.2, 0) is 14.3 Å². The van der Waals surface area contributed by atoms with Crippen molar-refractivity contribution in [3.63, 3.8) is 0 Å². The second-order valence-corrected chi connectivity index (χ2v) is 7.33. The first-order chi connectivity index (χ1) is 12.5. The van der Waals surface area contributed by atoms with Crippen molar-refractivity contribution in [3.8, 4) is 0 Å². The fourth-order valence-corrected chi connectivity index (χ4v) is 3.79. The molecule has 7 nitrogen and oxygen atoms in total. The summed E-state index contributed by atoms with van der Waals surface area (Å²) < 4.78 is 5.64. The van der Waals surface area contributed by atoms with E-state index in [2.05, 4.69) is 15.6 Å². The first-order valence-corrected chi connectivity index (χ1v) is 9.39. The Morgan fingerprint density at radius 3 is 2.64 bits per heavy atom. The Balaban J connectivity index is 0.00000196. The lowest BCUT2D eigenvalue weighted by molar-refractivity contribution is -0.160. The number of piperidine rings is 2. The van der Waals surface area contributed by atoms with Crippen LogP contribution in [0.5, 0.6) is 0 Å². The Morgan fingerprint density at radius 2 is 2.04 bits per heavy atom. The highest BCUT2D eigenvalue weighted by atomic mass is 35.5. The predicted molar refractivity (Wildman–Crippen MR) is 114 cm³/mol. The van der Waals surface area contributed by atoms with Crippen LogP contribution in [0.3, 0.4) is 0 Å². The Labute approximate surface area is 182 Å². The minimum Gasteiger partial charge on any atom is -0.368 e. The van der Waals surface area contributed by atoms with Gasteiger partial charge in [-0.15, -0.1) is 24.8 Å². The van der Waals surface area contributed by atoms with E-state index in [1.807, 2.05) is 0 Å². The van der Waals surface area contributed by atoms with E-state index < -0.39 is 5.60 Å². The Hall–Kier alpha value is -1.12. The molecule has 2 amide bonds. The molecule has 2 N–H and O–H groups in total. The number of likely N-dealkylation sites (tertiary alicyclic amines) is 1. The number of halogens is 3. The molecule has 1 aromatic rings. The summed E-state index contributed by atoms with van der Waals surface area (Å²) >= 11 is 5.82. The van der Waals surface area contributed by atoms with Crippen LogP contribution in [0.2, 0.25) is 5.02 Å². The molecule has 0 saturated carbocycles. The minimum atomic E-state index is -0.763. The van der Waals surface area contributed by atoms with E-state index in [0.29, 0.717) is 36.8 Å². The molecule has 2 fully saturated rings. The molecule has 0 aromatic carbocycles. The Morgan fingerprint density at radius 1 is 1.32 bits per heavy atom. The van der Waals surface area contributed by atoms with Crippen molar-refractivity contribution in [1.82, 2.24) is 15.2 Å². The molecule has 1 atom stereocenters. The summed E-state index contributed by atoms with van der Waals surface area (Å²) in [6, 6.07) is 3.35. The van der Waals surface area contributed by atoms with Crippen LogP contribution in [0, 0.1) is 5.92 Å². The maximum atomic E-state index is 13.1. The molecule has 0 radical (unpaired) electrons. The van der Waals surface area contributed by atoms with Crippen LogP contribution in [0.25, 0.3) is 0 Å². The van der Waals surface area contributed by atoms with E-state index in [1.54, 1.807) is 24.1 Å². The maximum Gasteiger partial charge on any atom is 0.254 e. The highest BCUT2D eigenvalue weighted by molar-refractivity contribution is 6.30. The number of amides is 2. The van der Waals surface area contributed by atoms with Crippen molar-refractivity contribution in [2.45, 2.75) is 31.3 Å². The van der Waals surface area contributed by atoms with Gasteiger partial charge in [0.1, 0.15) is 11.4 Å². The van der Waals surface area contributed by atoms with Gasteiger partial charge in [-0.3, -0.25) is 9.59 Å². The molecule has 1 aromatic heterocycles. The number of hydrogen-bond donors (Lipinski definition) is 2. The van der Waals surface area contributed by atoms with Gasteiger partial charge in [-0.05, 0) is 50.9 Å². The van der Waals surface area contributed by atoms with Crippen LogP contribution < -0.4 is 10.6 Å². The van der Waals surface area contributed by atoms with Gasteiger partial charge in [0.15, 0.2) is 0 Å². The molecule has 10 heteroatoms. The first-order valence-electron chi connectivity index (χ1n) is 9.02. The summed E-state index contributed by atoms with van der Waals surface area (Å²) in [5, 5.41) is 6.59. The van der Waals surface area contributed by atoms with Gasteiger partial charge < -0.3 is 20.3 Å². The number of carbonyl (C=O) groups is 2. The van der Waals surface area contributed by atoms with E-state index in [1.165, 1.54) is 6.20 Å². The summed E-state index contributed by atoms with van der Waals surface area (Å²) in [5.74, 6) is 0.105. The summed E-state index contributed by atoms with van der Waals surface area (Å²) in [6.07, 6.45) is 4.36. The third kappa shape index (κ3) is 5.70. The Bertz CT molecular complexity index is 654. The van der Waals surface area contributed by atoms with Crippen molar-refractivity contribution in [2.75, 3.05) is 38.6 Å². The topological polar surface area (TPSA) is 83.6 Å². The highest BCUT2D eigenvalue weighted by Gasteiger charge is 2.43. The van der Waals surface area contributed by atoms with Gasteiger partial charge in [0.2, 0.25) is 5.91 Å². The van der Waals surface area contributed by atoms with E-state index in [0.717, 1.165) is 25.9 Å². The van der Waals surface area contributed by atoms with E-state index >= 15 is 0 Å². The molecule has 3 rings (SSSR count). The number of anilines is 1. The SMILES string of the molecule is COC1(C(=O)N2CCCC(C(=O)Nc3ccc(Cl)cn3)C2)CCNCC1.Cl.Cl. The van der Waals surface area contributed by atoms with Crippen molar-refractivity contribution in [1.29, 1.82) is 0 Å². The zero-order valence-electron chi connectivity index (χ0n) is 15.8. The second-order valence-electron chi connectivity index (χ2n) is 6.89. The summed E-state index contributed by atoms with van der Waals surface area (Å²) in [5.41, 5.74) is -0.763. The maximum absolute atomic E-state index is 13.1. The number of aromatic nitrogens is 1. The van der Waals surface area contributed by atoms with Crippen LogP contribution >= 0.6 is 36.4 Å². The van der Waals surface area contributed by atoms with Crippen LogP contribution in [0.15, 0.2) is 18.3 Å². The molecule has 0 bridgehead atoms. The average Bonchev–Trinajstić information content (AvgIpc) is 2.69. The fourth-order valence-electron chi connectivity index (χ4n) is 3.68. The van der Waals surface area contributed by atoms with Gasteiger partial charge in [-0.1, -0.05) is 11.6 Å². The third-order valence-electron chi connectivity index (χ3n) is 5.25. The predicted octanol–water partition coefficient (Wildman–Crippen LogP) is 2.52. The molecule has 0 spiro atoms. The van der Waals surface area contributed by atoms with Crippen molar-refractivity contribution in [3.05, 3.63) is 23.4 Å². The lowest BCUT2D eigenvalue weighted by Gasteiger charge is -2.41. The molecule has 1 unspecified atom stereocenters. The summed E-state index contributed by atoms with van der Waals surface area (Å²) in [6.45, 7) is 2.61. The highest BCUT2D eigenvalue weighted by Crippen LogP contribution is 2.28. The normalized spacial score (nSPS) is 21.1. The lowest BCUT2D eigenvalue weighted by atomic mass is 9.88. The molecule has 3 heterocycles. The monoisotopic (exact) mass is 452 g/mol. The molecule has 28 heavy (non-hydrogen) atoms. The Kier molecular flexibility index (Phi) is 9.94. The molecular formula is C18H27Cl3N4O3. The number of nitrogens with zero attached hydrogens (tertiary/aromatic N) is 2. The van der Waals surface area contributed by atoms with Gasteiger partial charge in [0.05, 0.1) is 10.9 Å². The lowest BCUT2D eigenvalue weighted by Crippen LogP contribution is -2.57. The molecule has 0 aliphatic carbocycles. The van der Waals surface area contributed by atoms with Gasteiger partial charge >= 0.3 is 0 Å². The number of nitrogens with one attached hydrogen (secondary N) is 2. The average molecular weight is 454 g/mol. The molecule has 158 valence electrons. The number of hydrogen-bond acceptors (Lipinski definition) is 5. The summed E-state index contributed by atoms with van der Waals surface area (Å²) in [7, 11) is 1.60. The van der Waals surface area contributed by atoms with Crippen LogP contribution in [-0.4, -0.2) is 60.6 Å². The van der Waals surface area contributed by atoms with Gasteiger partial charge in [0, 0.05) is 26.4 Å². The van der Waals surface area contributed by atoms with E-state index in [4.69, 9.17) is 16.3 Å². The second kappa shape index (κ2) is 11.2. The van der Waals surface area contributed by atoms with Crippen molar-refractivity contribution >= 4 is 54.0 Å². The zero-order chi connectivity index (χ0) is 18.6. The van der Waals surface area contributed by atoms with Gasteiger partial charge in [0.25, 0.3) is 5.91 Å². The number of ether oxygens (including phenoxy) is 1. The van der Waals surface area contributed by atoms with E-state index in [-0.39, 0.29) is 42.5 Å². The summed E-state index contributed by atoms with van der Waals surface area (Å²) in [4.78, 5) is 31.6. The molecule has 2 aliphatic heterocycles. The number of methoxy groups -OCH3 is 1. The first kappa shape index (κ1) is 24.9. The minimum absolute atomic E-state index is 0. The molecule has 2 aliphatic rings. The largest absolute Gasteiger partial charge is 0.368 e.